The molecule has 4 heteroatoms. The molecule has 1 aliphatic heterocycles. The van der Waals surface area contributed by atoms with Crippen molar-refractivity contribution in [2.75, 3.05) is 13.2 Å². The number of hydrogen-bond acceptors (Lipinski definition) is 2. The topological polar surface area (TPSA) is 18.5 Å². The van der Waals surface area contributed by atoms with E-state index >= 15 is 0 Å². The third-order valence-corrected chi connectivity index (χ3v) is 7.27. The van der Waals surface area contributed by atoms with Gasteiger partial charge in [-0.15, -0.1) is 6.58 Å². The molecule has 0 amide bonds. The zero-order valence-electron chi connectivity index (χ0n) is 16.6. The first kappa shape index (κ1) is 21.0. The van der Waals surface area contributed by atoms with Crippen molar-refractivity contribution in [3.8, 4) is 0 Å². The molecular weight excluding hydrogens is 346 g/mol. The Morgan fingerprint density at radius 1 is 0.815 bits per heavy atom. The molecule has 154 valence electrons. The molecule has 0 atom stereocenters. The van der Waals surface area contributed by atoms with Gasteiger partial charge in [-0.1, -0.05) is 18.9 Å². The van der Waals surface area contributed by atoms with Crippen molar-refractivity contribution in [3.05, 3.63) is 24.8 Å². The summed E-state index contributed by atoms with van der Waals surface area (Å²) < 4.78 is 36.0. The minimum absolute atomic E-state index is 0.0813. The van der Waals surface area contributed by atoms with E-state index in [0.29, 0.717) is 18.3 Å². The highest BCUT2D eigenvalue weighted by Crippen LogP contribution is 2.44. The summed E-state index contributed by atoms with van der Waals surface area (Å²) in [6.45, 7) is 5.43. The van der Waals surface area contributed by atoms with Gasteiger partial charge in [-0.05, 0) is 81.1 Å². The average Bonchev–Trinajstić information content (AvgIpc) is 2.69. The monoisotopic (exact) mass is 382 g/mol. The summed E-state index contributed by atoms with van der Waals surface area (Å²) in [5.74, 6) is 3.72. The van der Waals surface area contributed by atoms with Crippen LogP contribution in [-0.4, -0.2) is 19.5 Å². The molecule has 3 aliphatic rings. The summed E-state index contributed by atoms with van der Waals surface area (Å²) in [7, 11) is 0. The molecule has 2 nitrogen and oxygen atoms in total. The summed E-state index contributed by atoms with van der Waals surface area (Å²) in [6, 6.07) is 0. The van der Waals surface area contributed by atoms with Gasteiger partial charge in [-0.25, -0.2) is 0 Å². The first-order valence-corrected chi connectivity index (χ1v) is 11.0. The predicted molar refractivity (Wildman–Crippen MR) is 104 cm³/mol. The van der Waals surface area contributed by atoms with Crippen molar-refractivity contribution < 1.29 is 18.3 Å². The molecule has 3 rings (SSSR count). The molecule has 1 saturated heterocycles. The van der Waals surface area contributed by atoms with Gasteiger partial charge in [0, 0.05) is 12.3 Å². The molecule has 2 saturated carbocycles. The van der Waals surface area contributed by atoms with Crippen LogP contribution in [0.3, 0.4) is 0 Å². The minimum atomic E-state index is -1.52. The van der Waals surface area contributed by atoms with E-state index in [1.165, 1.54) is 51.4 Å². The number of ether oxygens (including phenoxy) is 2. The molecule has 0 aromatic carbocycles. The van der Waals surface area contributed by atoms with E-state index in [1.54, 1.807) is 0 Å². The number of halogens is 2. The smallest absolute Gasteiger partial charge is 0.266 e. The van der Waals surface area contributed by atoms with E-state index in [2.05, 4.69) is 6.58 Å². The van der Waals surface area contributed by atoms with Gasteiger partial charge in [-0.2, -0.15) is 8.78 Å². The van der Waals surface area contributed by atoms with E-state index in [-0.39, 0.29) is 6.29 Å². The first-order chi connectivity index (χ1) is 13.2. The van der Waals surface area contributed by atoms with Crippen LogP contribution in [-0.2, 0) is 9.47 Å². The van der Waals surface area contributed by atoms with E-state index in [0.717, 1.165) is 49.9 Å². The van der Waals surface area contributed by atoms with Crippen LogP contribution in [0.5, 0.6) is 0 Å². The maximum Gasteiger partial charge on any atom is 0.266 e. The molecule has 1 heterocycles. The van der Waals surface area contributed by atoms with E-state index in [1.807, 2.05) is 6.08 Å². The Kier molecular flexibility index (Phi) is 8.32. The summed E-state index contributed by atoms with van der Waals surface area (Å²) >= 11 is 0. The van der Waals surface area contributed by atoms with Crippen LogP contribution in [0.15, 0.2) is 24.8 Å². The Morgan fingerprint density at radius 2 is 1.33 bits per heavy atom. The minimum Gasteiger partial charge on any atom is -0.352 e. The Morgan fingerprint density at radius 3 is 1.85 bits per heavy atom. The van der Waals surface area contributed by atoms with Gasteiger partial charge >= 0.3 is 0 Å². The van der Waals surface area contributed by atoms with E-state index in [9.17, 15) is 8.78 Å². The maximum absolute atomic E-state index is 12.2. The highest BCUT2D eigenvalue weighted by atomic mass is 19.3. The third kappa shape index (κ3) is 6.39. The van der Waals surface area contributed by atoms with Gasteiger partial charge in [0.2, 0.25) is 0 Å². The second-order valence-electron chi connectivity index (χ2n) is 8.91. The molecule has 3 fully saturated rings. The van der Waals surface area contributed by atoms with Crippen LogP contribution in [0, 0.1) is 29.6 Å². The molecule has 0 bridgehead atoms. The Labute approximate surface area is 163 Å². The van der Waals surface area contributed by atoms with Crippen LogP contribution >= 0.6 is 0 Å². The molecule has 0 aromatic rings. The molecule has 2 aliphatic carbocycles. The number of rotatable bonds is 7. The third-order valence-electron chi connectivity index (χ3n) is 7.27. The lowest BCUT2D eigenvalue weighted by molar-refractivity contribution is -0.208. The van der Waals surface area contributed by atoms with Crippen LogP contribution in [0.4, 0.5) is 8.78 Å². The fourth-order valence-corrected chi connectivity index (χ4v) is 5.57. The van der Waals surface area contributed by atoms with Gasteiger partial charge in [0.05, 0.1) is 13.2 Å². The van der Waals surface area contributed by atoms with Gasteiger partial charge < -0.3 is 9.47 Å². The lowest BCUT2D eigenvalue weighted by Crippen LogP contribution is -2.37. The lowest BCUT2D eigenvalue weighted by atomic mass is 9.67. The number of hydrogen-bond donors (Lipinski definition) is 0. The fourth-order valence-electron chi connectivity index (χ4n) is 5.57. The molecule has 0 aromatic heterocycles. The Bertz CT molecular complexity index is 465. The van der Waals surface area contributed by atoms with E-state index < -0.39 is 6.08 Å². The molecule has 0 unspecified atom stereocenters. The summed E-state index contributed by atoms with van der Waals surface area (Å²) in [4.78, 5) is 0. The van der Waals surface area contributed by atoms with Crippen LogP contribution in [0.25, 0.3) is 0 Å². The maximum atomic E-state index is 12.2. The van der Waals surface area contributed by atoms with Gasteiger partial charge in [0.15, 0.2) is 6.29 Å². The molecule has 0 radical (unpaired) electrons. The quantitative estimate of drug-likeness (QED) is 0.455. The molecule has 0 N–H and O–H groups in total. The van der Waals surface area contributed by atoms with Crippen LogP contribution in [0.2, 0.25) is 0 Å². The van der Waals surface area contributed by atoms with Crippen molar-refractivity contribution in [3.63, 3.8) is 0 Å². The zero-order valence-corrected chi connectivity index (χ0v) is 16.6. The van der Waals surface area contributed by atoms with Crippen molar-refractivity contribution in [1.82, 2.24) is 0 Å². The van der Waals surface area contributed by atoms with Crippen molar-refractivity contribution in [2.45, 2.75) is 76.9 Å². The van der Waals surface area contributed by atoms with Crippen molar-refractivity contribution >= 4 is 0 Å². The van der Waals surface area contributed by atoms with Gasteiger partial charge in [-0.3, -0.25) is 0 Å². The molecule has 27 heavy (non-hydrogen) atoms. The summed E-state index contributed by atoms with van der Waals surface area (Å²) in [6.07, 6.45) is 14.0. The second-order valence-corrected chi connectivity index (χ2v) is 8.91. The van der Waals surface area contributed by atoms with Crippen molar-refractivity contribution in [2.24, 2.45) is 29.6 Å². The molecule has 0 spiro atoms. The van der Waals surface area contributed by atoms with Crippen LogP contribution < -0.4 is 0 Å². The fraction of sp³-hybridized carbons (Fsp3) is 0.826. The lowest BCUT2D eigenvalue weighted by Gasteiger charge is -2.41. The Balaban J connectivity index is 1.33. The van der Waals surface area contributed by atoms with Crippen LogP contribution in [0.1, 0.15) is 70.6 Å². The van der Waals surface area contributed by atoms with Gasteiger partial charge in [0.25, 0.3) is 6.08 Å². The average molecular weight is 383 g/mol. The summed E-state index contributed by atoms with van der Waals surface area (Å²) in [5.41, 5.74) is 0. The SMILES string of the molecule is C=CCC1OCC(C2CCC(C3CCC(CCC=C(F)F)CC3)CC2)CO1. The second kappa shape index (κ2) is 10.7. The highest BCUT2D eigenvalue weighted by molar-refractivity contribution is 4.86. The van der Waals surface area contributed by atoms with E-state index in [4.69, 9.17) is 9.47 Å². The normalized spacial score (nSPS) is 37.6. The Hall–Kier alpha value is -0.740. The molecular formula is C23H36F2O2. The predicted octanol–water partition coefficient (Wildman–Crippen LogP) is 6.73. The number of allylic oxidation sites excluding steroid dienone is 1. The summed E-state index contributed by atoms with van der Waals surface area (Å²) in [5, 5.41) is 0. The van der Waals surface area contributed by atoms with Crippen molar-refractivity contribution in [1.29, 1.82) is 0 Å². The standard InChI is InChI=1S/C23H36F2O2/c1-2-4-23-26-15-21(16-27-23)20-13-11-19(12-14-20)18-9-7-17(8-10-18)5-3-6-22(24)25/h2,6,17-21,23H,1,3-5,7-16H2. The first-order valence-electron chi connectivity index (χ1n) is 11.0. The zero-order chi connectivity index (χ0) is 19.1. The largest absolute Gasteiger partial charge is 0.352 e. The highest BCUT2D eigenvalue weighted by Gasteiger charge is 2.35. The van der Waals surface area contributed by atoms with Gasteiger partial charge in [0.1, 0.15) is 0 Å².